The molecular weight excluding hydrogens is 273 g/mol. The molecule has 1 aromatic carbocycles. The highest BCUT2D eigenvalue weighted by molar-refractivity contribution is 7.99. The van der Waals surface area contributed by atoms with E-state index in [1.807, 2.05) is 12.3 Å². The molecule has 6 heteroatoms. The molecule has 0 spiro atoms. The highest BCUT2D eigenvalue weighted by atomic mass is 35.5. The number of benzene rings is 1. The molecule has 0 bridgehead atoms. The standard InChI is InChI=1S/C12H13ClFN3S/c13-6-5-10-9-17(16-15-10)7-8-18-12-4-2-1-3-11(12)14/h1-4,9H,5-8H2. The molecule has 0 aliphatic heterocycles. The Morgan fingerprint density at radius 1 is 1.33 bits per heavy atom. The van der Waals surface area contributed by atoms with Gasteiger partial charge in [0.25, 0.3) is 0 Å². The summed E-state index contributed by atoms with van der Waals surface area (Å²) in [6.07, 6.45) is 2.60. The van der Waals surface area contributed by atoms with E-state index in [-0.39, 0.29) is 5.82 Å². The lowest BCUT2D eigenvalue weighted by Crippen LogP contribution is -2.01. The fraction of sp³-hybridized carbons (Fsp3) is 0.333. The number of hydrogen-bond acceptors (Lipinski definition) is 3. The van der Waals surface area contributed by atoms with Crippen LogP contribution in [-0.2, 0) is 13.0 Å². The van der Waals surface area contributed by atoms with Crippen molar-refractivity contribution in [3.63, 3.8) is 0 Å². The molecule has 2 rings (SSSR count). The van der Waals surface area contributed by atoms with Gasteiger partial charge in [0.15, 0.2) is 0 Å². The van der Waals surface area contributed by atoms with Crippen LogP contribution in [0.5, 0.6) is 0 Å². The van der Waals surface area contributed by atoms with Gasteiger partial charge in [0.1, 0.15) is 5.82 Å². The second-order valence-corrected chi connectivity index (χ2v) is 5.21. The van der Waals surface area contributed by atoms with Crippen LogP contribution in [0.3, 0.4) is 0 Å². The second kappa shape index (κ2) is 6.75. The first-order valence-corrected chi connectivity index (χ1v) is 7.14. The van der Waals surface area contributed by atoms with E-state index in [1.54, 1.807) is 16.8 Å². The van der Waals surface area contributed by atoms with E-state index in [0.717, 1.165) is 17.9 Å². The van der Waals surface area contributed by atoms with Gasteiger partial charge in [-0.05, 0) is 12.1 Å². The van der Waals surface area contributed by atoms with Gasteiger partial charge >= 0.3 is 0 Å². The molecule has 3 nitrogen and oxygen atoms in total. The quantitative estimate of drug-likeness (QED) is 0.604. The molecular formula is C12H13ClFN3S. The third kappa shape index (κ3) is 3.71. The summed E-state index contributed by atoms with van der Waals surface area (Å²) in [4.78, 5) is 0.665. The predicted octanol–water partition coefficient (Wildman–Crippen LogP) is 2.99. The van der Waals surface area contributed by atoms with Crippen molar-refractivity contribution in [2.75, 3.05) is 11.6 Å². The van der Waals surface area contributed by atoms with E-state index < -0.39 is 0 Å². The third-order valence-electron chi connectivity index (χ3n) is 2.35. The average Bonchev–Trinajstić information content (AvgIpc) is 2.80. The SMILES string of the molecule is Fc1ccccc1SCCn1cc(CCCl)nn1. The van der Waals surface area contributed by atoms with Crippen molar-refractivity contribution in [1.82, 2.24) is 15.0 Å². The van der Waals surface area contributed by atoms with Gasteiger partial charge in [-0.2, -0.15) is 0 Å². The summed E-state index contributed by atoms with van der Waals surface area (Å²) in [5.74, 6) is 1.12. The molecule has 0 aliphatic rings. The van der Waals surface area contributed by atoms with Crippen molar-refractivity contribution in [3.05, 3.63) is 42.0 Å². The number of aromatic nitrogens is 3. The minimum absolute atomic E-state index is 0.177. The predicted molar refractivity (Wildman–Crippen MR) is 71.6 cm³/mol. The number of aryl methyl sites for hydroxylation is 2. The fourth-order valence-corrected chi connectivity index (χ4v) is 2.54. The molecule has 96 valence electrons. The molecule has 0 fully saturated rings. The fourth-order valence-electron chi connectivity index (χ4n) is 1.47. The van der Waals surface area contributed by atoms with Gasteiger partial charge in [-0.3, -0.25) is 4.68 Å². The van der Waals surface area contributed by atoms with Crippen molar-refractivity contribution in [2.45, 2.75) is 17.9 Å². The summed E-state index contributed by atoms with van der Waals surface area (Å²) in [6.45, 7) is 0.703. The van der Waals surface area contributed by atoms with E-state index in [0.29, 0.717) is 17.3 Å². The van der Waals surface area contributed by atoms with Gasteiger partial charge in [-0.25, -0.2) is 4.39 Å². The lowest BCUT2D eigenvalue weighted by molar-refractivity contribution is 0.600. The van der Waals surface area contributed by atoms with Gasteiger partial charge in [0.05, 0.1) is 12.2 Å². The summed E-state index contributed by atoms with van der Waals surface area (Å²) in [5, 5.41) is 7.98. The number of rotatable bonds is 6. The van der Waals surface area contributed by atoms with Crippen LogP contribution in [-0.4, -0.2) is 26.6 Å². The van der Waals surface area contributed by atoms with Crippen LogP contribution < -0.4 is 0 Å². The maximum Gasteiger partial charge on any atom is 0.136 e. The van der Waals surface area contributed by atoms with Gasteiger partial charge < -0.3 is 0 Å². The van der Waals surface area contributed by atoms with E-state index in [9.17, 15) is 4.39 Å². The first kappa shape index (κ1) is 13.4. The van der Waals surface area contributed by atoms with Gasteiger partial charge in [-0.1, -0.05) is 17.3 Å². The maximum atomic E-state index is 13.3. The molecule has 1 heterocycles. The minimum atomic E-state index is -0.177. The zero-order valence-electron chi connectivity index (χ0n) is 9.72. The van der Waals surface area contributed by atoms with Crippen LogP contribution in [0.4, 0.5) is 4.39 Å². The lowest BCUT2D eigenvalue weighted by atomic mass is 10.3. The third-order valence-corrected chi connectivity index (χ3v) is 3.57. The van der Waals surface area contributed by atoms with Crippen LogP contribution in [0, 0.1) is 5.82 Å². The first-order valence-electron chi connectivity index (χ1n) is 5.62. The van der Waals surface area contributed by atoms with Crippen LogP contribution in [0.2, 0.25) is 0 Å². The molecule has 1 aromatic heterocycles. The van der Waals surface area contributed by atoms with Gasteiger partial charge in [-0.15, -0.1) is 28.5 Å². The zero-order valence-corrected chi connectivity index (χ0v) is 11.3. The van der Waals surface area contributed by atoms with Gasteiger partial charge in [0.2, 0.25) is 0 Å². The van der Waals surface area contributed by atoms with Crippen molar-refractivity contribution >= 4 is 23.4 Å². The Kier molecular flexibility index (Phi) is 5.01. The van der Waals surface area contributed by atoms with Crippen LogP contribution >= 0.6 is 23.4 Å². The largest absolute Gasteiger partial charge is 0.251 e. The number of halogens is 2. The Morgan fingerprint density at radius 3 is 2.94 bits per heavy atom. The number of nitrogens with zero attached hydrogens (tertiary/aromatic N) is 3. The lowest BCUT2D eigenvalue weighted by Gasteiger charge is -2.02. The van der Waals surface area contributed by atoms with Crippen LogP contribution in [0.15, 0.2) is 35.4 Å². The monoisotopic (exact) mass is 285 g/mol. The Bertz CT molecular complexity index is 504. The Balaban J connectivity index is 1.83. The average molecular weight is 286 g/mol. The normalized spacial score (nSPS) is 10.8. The molecule has 2 aromatic rings. The summed E-state index contributed by atoms with van der Waals surface area (Å²) < 4.78 is 15.1. The Labute approximate surface area is 114 Å². The highest BCUT2D eigenvalue weighted by Crippen LogP contribution is 2.21. The summed E-state index contributed by atoms with van der Waals surface area (Å²) in [7, 11) is 0. The molecule has 0 atom stereocenters. The zero-order chi connectivity index (χ0) is 12.8. The van der Waals surface area contributed by atoms with E-state index in [4.69, 9.17) is 11.6 Å². The number of alkyl halides is 1. The smallest absolute Gasteiger partial charge is 0.136 e. The summed E-state index contributed by atoms with van der Waals surface area (Å²) in [5.41, 5.74) is 0.890. The number of hydrogen-bond donors (Lipinski definition) is 0. The second-order valence-electron chi connectivity index (χ2n) is 3.69. The number of thioether (sulfide) groups is 1. The molecule has 0 radical (unpaired) electrons. The molecule has 0 saturated carbocycles. The van der Waals surface area contributed by atoms with E-state index >= 15 is 0 Å². The van der Waals surface area contributed by atoms with E-state index in [1.165, 1.54) is 17.8 Å². The van der Waals surface area contributed by atoms with Crippen LogP contribution in [0.25, 0.3) is 0 Å². The maximum absolute atomic E-state index is 13.3. The summed E-state index contributed by atoms with van der Waals surface area (Å²) in [6, 6.07) is 6.77. The highest BCUT2D eigenvalue weighted by Gasteiger charge is 2.03. The minimum Gasteiger partial charge on any atom is -0.251 e. The first-order chi connectivity index (χ1) is 8.79. The topological polar surface area (TPSA) is 30.7 Å². The van der Waals surface area contributed by atoms with Crippen LogP contribution in [0.1, 0.15) is 5.69 Å². The molecule has 18 heavy (non-hydrogen) atoms. The van der Waals surface area contributed by atoms with Gasteiger partial charge in [0, 0.05) is 29.1 Å². The molecule has 0 N–H and O–H groups in total. The molecule has 0 saturated heterocycles. The van der Waals surface area contributed by atoms with E-state index in [2.05, 4.69) is 10.3 Å². The molecule has 0 unspecified atom stereocenters. The Morgan fingerprint density at radius 2 is 2.17 bits per heavy atom. The van der Waals surface area contributed by atoms with Crippen molar-refractivity contribution in [3.8, 4) is 0 Å². The van der Waals surface area contributed by atoms with Crippen molar-refractivity contribution in [2.24, 2.45) is 0 Å². The van der Waals surface area contributed by atoms with Crippen molar-refractivity contribution < 1.29 is 4.39 Å². The molecule has 0 aliphatic carbocycles. The summed E-state index contributed by atoms with van der Waals surface area (Å²) >= 11 is 7.10. The molecule has 0 amide bonds. The Hall–Kier alpha value is -1.07. The van der Waals surface area contributed by atoms with Crippen molar-refractivity contribution in [1.29, 1.82) is 0 Å².